The minimum absolute atomic E-state index is 0. The Balaban J connectivity index is 0.000000284. The molecule has 0 spiro atoms. The van der Waals surface area contributed by atoms with Crippen LogP contribution in [0.4, 0.5) is 0 Å². The van der Waals surface area contributed by atoms with Crippen LogP contribution in [0.1, 0.15) is 16.7 Å². The van der Waals surface area contributed by atoms with Crippen LogP contribution in [-0.2, 0) is 32.7 Å². The molecule has 0 saturated heterocycles. The fourth-order valence-corrected chi connectivity index (χ4v) is 1.20. The smallest absolute Gasteiger partial charge is 0 e. The first-order chi connectivity index (χ1) is 7.61. The topological polar surface area (TPSA) is 0 Å². The molecule has 0 bridgehead atoms. The quantitative estimate of drug-likeness (QED) is 0.625. The second-order valence-corrected chi connectivity index (χ2v) is 4.09. The molecule has 1 radical (unpaired) electrons. The molecule has 0 unspecified atom stereocenters. The van der Waals surface area contributed by atoms with Crippen molar-refractivity contribution in [1.82, 2.24) is 0 Å². The van der Waals surface area contributed by atoms with Gasteiger partial charge in [-0.2, -0.15) is 59.7 Å². The minimum Gasteiger partial charge on any atom is -0.184 e. The van der Waals surface area contributed by atoms with E-state index < -0.39 is 0 Å². The molecule has 0 N–H and O–H groups in total. The van der Waals surface area contributed by atoms with Crippen LogP contribution in [0.15, 0.2) is 36.4 Å². The molecule has 87 valence electrons. The zero-order valence-corrected chi connectivity index (χ0v) is 14.0. The van der Waals surface area contributed by atoms with Gasteiger partial charge >= 0.3 is 0 Å². The predicted molar refractivity (Wildman–Crippen MR) is 69.8 cm³/mol. The fourth-order valence-electron chi connectivity index (χ4n) is 1.09. The second kappa shape index (κ2) is 8.86. The summed E-state index contributed by atoms with van der Waals surface area (Å²) in [6.45, 7) is 6.15. The van der Waals surface area contributed by atoms with Crippen molar-refractivity contribution in [3.8, 4) is 0 Å². The zero-order chi connectivity index (χ0) is 12.0. The van der Waals surface area contributed by atoms with Gasteiger partial charge in [-0.3, -0.25) is 0 Å². The van der Waals surface area contributed by atoms with Crippen molar-refractivity contribution in [2.45, 2.75) is 20.8 Å². The minimum atomic E-state index is 0. The van der Waals surface area contributed by atoms with Crippen LogP contribution in [0, 0.1) is 32.9 Å². The van der Waals surface area contributed by atoms with Crippen LogP contribution in [0.3, 0.4) is 0 Å². The zero-order valence-electron chi connectivity index (χ0n) is 10.4. The number of halogens is 1. The van der Waals surface area contributed by atoms with Crippen molar-refractivity contribution >= 4 is 11.6 Å². The molecular weight excluding hydrogens is 305 g/mol. The van der Waals surface area contributed by atoms with Gasteiger partial charge in [0.2, 0.25) is 0 Å². The van der Waals surface area contributed by atoms with Gasteiger partial charge in [0.25, 0.3) is 0 Å². The van der Waals surface area contributed by atoms with Gasteiger partial charge in [0.15, 0.2) is 0 Å². The van der Waals surface area contributed by atoms with Gasteiger partial charge in [-0.1, -0.05) is 25.8 Å². The summed E-state index contributed by atoms with van der Waals surface area (Å²) in [4.78, 5) is 0. The SMILES string of the molecule is Cc1c[c-]ccc1C.Cc1c[c-]ccc1Cl.[Y]. The largest absolute Gasteiger partial charge is 0.184 e. The summed E-state index contributed by atoms with van der Waals surface area (Å²) in [5, 5.41) is 0.809. The van der Waals surface area contributed by atoms with E-state index in [9.17, 15) is 0 Å². The van der Waals surface area contributed by atoms with E-state index in [4.69, 9.17) is 11.6 Å². The van der Waals surface area contributed by atoms with Crippen LogP contribution >= 0.6 is 11.6 Å². The van der Waals surface area contributed by atoms with E-state index in [-0.39, 0.29) is 32.7 Å². The molecule has 0 heterocycles. The van der Waals surface area contributed by atoms with E-state index in [1.54, 1.807) is 6.07 Å². The third-order valence-electron chi connectivity index (χ3n) is 2.35. The molecule has 0 aliphatic rings. The Hall–Kier alpha value is -0.166. The van der Waals surface area contributed by atoms with Gasteiger partial charge in [0.1, 0.15) is 0 Å². The van der Waals surface area contributed by atoms with Crippen LogP contribution in [-0.4, -0.2) is 0 Å². The van der Waals surface area contributed by atoms with Gasteiger partial charge in [-0.05, 0) is 0 Å². The van der Waals surface area contributed by atoms with E-state index in [0.29, 0.717) is 0 Å². The maximum atomic E-state index is 5.69. The summed E-state index contributed by atoms with van der Waals surface area (Å²) in [6.07, 6.45) is 0. The third-order valence-corrected chi connectivity index (χ3v) is 2.78. The van der Waals surface area contributed by atoms with E-state index in [1.807, 2.05) is 31.2 Å². The molecule has 0 fully saturated rings. The van der Waals surface area contributed by atoms with Crippen molar-refractivity contribution in [2.75, 3.05) is 0 Å². The molecule has 0 aliphatic heterocycles. The van der Waals surface area contributed by atoms with E-state index in [0.717, 1.165) is 10.6 Å². The number of hydrogen-bond acceptors (Lipinski definition) is 0. The number of aryl methyl sites for hydroxylation is 3. The number of rotatable bonds is 0. The second-order valence-electron chi connectivity index (χ2n) is 3.69. The first kappa shape index (κ1) is 16.8. The van der Waals surface area contributed by atoms with Gasteiger partial charge in [-0.15, -0.1) is 17.2 Å². The van der Waals surface area contributed by atoms with Crippen LogP contribution in [0.25, 0.3) is 0 Å². The molecular formula is C15H15ClY-2. The Morgan fingerprint density at radius 3 is 1.65 bits per heavy atom. The monoisotopic (exact) mass is 319 g/mol. The van der Waals surface area contributed by atoms with Crippen LogP contribution in [0.5, 0.6) is 0 Å². The fraction of sp³-hybridized carbons (Fsp3) is 0.200. The van der Waals surface area contributed by atoms with Gasteiger partial charge in [0.05, 0.1) is 0 Å². The van der Waals surface area contributed by atoms with E-state index >= 15 is 0 Å². The third kappa shape index (κ3) is 6.36. The maximum absolute atomic E-state index is 5.69. The maximum Gasteiger partial charge on any atom is 0 e. The molecule has 2 rings (SSSR count). The molecule has 0 aliphatic carbocycles. The number of hydrogen-bond donors (Lipinski definition) is 0. The Morgan fingerprint density at radius 2 is 1.35 bits per heavy atom. The van der Waals surface area contributed by atoms with Gasteiger partial charge in [0, 0.05) is 32.7 Å². The first-order valence-electron chi connectivity index (χ1n) is 5.17. The molecule has 0 saturated carbocycles. The Labute approximate surface area is 134 Å². The average Bonchev–Trinajstić information content (AvgIpc) is 2.28. The van der Waals surface area contributed by atoms with Crippen molar-refractivity contribution in [3.63, 3.8) is 0 Å². The molecule has 2 aromatic rings. The van der Waals surface area contributed by atoms with E-state index in [2.05, 4.69) is 32.0 Å². The molecule has 0 amide bonds. The van der Waals surface area contributed by atoms with Crippen molar-refractivity contribution in [3.05, 3.63) is 70.2 Å². The van der Waals surface area contributed by atoms with Crippen LogP contribution < -0.4 is 0 Å². The summed E-state index contributed by atoms with van der Waals surface area (Å²) >= 11 is 5.69. The standard InChI is InChI=1S/C8H9.C7H6Cl.Y/c1-7-5-3-4-6-8(7)2;1-6-4-2-3-5-7(6)8;/h3,5-6H,1-2H3;3-5H,1H3;/q2*-1;. The molecule has 17 heavy (non-hydrogen) atoms. The van der Waals surface area contributed by atoms with Crippen molar-refractivity contribution in [1.29, 1.82) is 0 Å². The van der Waals surface area contributed by atoms with Crippen molar-refractivity contribution in [2.24, 2.45) is 0 Å². The molecule has 0 nitrogen and oxygen atoms in total. The summed E-state index contributed by atoms with van der Waals surface area (Å²) < 4.78 is 0. The predicted octanol–water partition coefficient (Wildman–Crippen LogP) is 4.55. The average molecular weight is 320 g/mol. The van der Waals surface area contributed by atoms with Gasteiger partial charge in [-0.25, -0.2) is 0 Å². The summed E-state index contributed by atoms with van der Waals surface area (Å²) in [7, 11) is 0. The Bertz CT molecular complexity index is 367. The Kier molecular flexibility index (Phi) is 8.77. The summed E-state index contributed by atoms with van der Waals surface area (Å²) in [6, 6.07) is 17.4. The first-order valence-corrected chi connectivity index (χ1v) is 5.54. The molecule has 2 heteroatoms. The van der Waals surface area contributed by atoms with E-state index in [1.165, 1.54) is 11.1 Å². The molecule has 0 aromatic heterocycles. The molecule has 2 aromatic carbocycles. The van der Waals surface area contributed by atoms with Crippen LogP contribution in [0.2, 0.25) is 5.02 Å². The summed E-state index contributed by atoms with van der Waals surface area (Å²) in [5.41, 5.74) is 3.73. The van der Waals surface area contributed by atoms with Gasteiger partial charge < -0.3 is 0 Å². The van der Waals surface area contributed by atoms with Crippen molar-refractivity contribution < 1.29 is 32.7 Å². The Morgan fingerprint density at radius 1 is 0.824 bits per heavy atom. The normalized spacial score (nSPS) is 8.71. The summed E-state index contributed by atoms with van der Waals surface area (Å²) in [5.74, 6) is 0. The number of benzene rings is 2. The molecule has 0 atom stereocenters.